The monoisotopic (exact) mass is 340 g/mol. The molecule has 1 aromatic carbocycles. The van der Waals surface area contributed by atoms with Crippen molar-refractivity contribution in [3.05, 3.63) is 41.6 Å². The highest BCUT2D eigenvalue weighted by atomic mass is 16.4. The second-order valence-electron chi connectivity index (χ2n) is 7.48. The Morgan fingerprint density at radius 3 is 2.44 bits per heavy atom. The maximum absolute atomic E-state index is 10.8. The van der Waals surface area contributed by atoms with E-state index in [-0.39, 0.29) is 12.0 Å². The highest BCUT2D eigenvalue weighted by Crippen LogP contribution is 2.40. The summed E-state index contributed by atoms with van der Waals surface area (Å²) in [6.45, 7) is 6.35. The van der Waals surface area contributed by atoms with Crippen LogP contribution in [0.2, 0.25) is 0 Å². The number of aromatic nitrogens is 2. The maximum Gasteiger partial charge on any atom is 0.322 e. The normalized spacial score (nSPS) is 14.2. The number of anilines is 3. The largest absolute Gasteiger partial charge is 0.480 e. The van der Waals surface area contributed by atoms with E-state index in [1.54, 1.807) is 0 Å². The van der Waals surface area contributed by atoms with Gasteiger partial charge in [0.15, 0.2) is 0 Å². The summed E-state index contributed by atoms with van der Waals surface area (Å²) in [7, 11) is 0. The molecule has 0 saturated heterocycles. The molecule has 1 saturated carbocycles. The Kier molecular flexibility index (Phi) is 4.61. The van der Waals surface area contributed by atoms with Crippen molar-refractivity contribution in [2.45, 2.75) is 44.9 Å². The van der Waals surface area contributed by atoms with Gasteiger partial charge in [0.1, 0.15) is 12.4 Å². The van der Waals surface area contributed by atoms with Crippen LogP contribution in [0, 0.1) is 0 Å². The van der Waals surface area contributed by atoms with Crippen molar-refractivity contribution in [3.8, 4) is 0 Å². The highest BCUT2D eigenvalue weighted by molar-refractivity contribution is 5.72. The molecule has 3 N–H and O–H groups in total. The quantitative estimate of drug-likeness (QED) is 0.739. The fourth-order valence-electron chi connectivity index (χ4n) is 2.55. The van der Waals surface area contributed by atoms with Crippen LogP contribution in [-0.2, 0) is 10.2 Å². The fraction of sp³-hybridized carbons (Fsp3) is 0.421. The zero-order valence-electron chi connectivity index (χ0n) is 14.8. The highest BCUT2D eigenvalue weighted by Gasteiger charge is 2.26. The Bertz CT molecular complexity index is 762. The summed E-state index contributed by atoms with van der Waals surface area (Å²) in [4.78, 5) is 19.6. The van der Waals surface area contributed by atoms with Crippen molar-refractivity contribution in [2.75, 3.05) is 17.2 Å². The van der Waals surface area contributed by atoms with Crippen molar-refractivity contribution in [1.29, 1.82) is 0 Å². The second kappa shape index (κ2) is 6.70. The molecule has 1 aliphatic carbocycles. The predicted octanol–water partition coefficient (Wildman–Crippen LogP) is 3.89. The lowest BCUT2D eigenvalue weighted by atomic mass is 9.87. The topological polar surface area (TPSA) is 87.1 Å². The molecule has 2 aromatic rings. The SMILES string of the molecule is CC(C)(C)c1ccc(Nc2cc(C3CC3)nc(NCC(=O)O)n2)cc1. The zero-order chi connectivity index (χ0) is 18.0. The number of rotatable bonds is 6. The second-order valence-corrected chi connectivity index (χ2v) is 7.48. The van der Waals surface area contributed by atoms with E-state index in [9.17, 15) is 4.79 Å². The molecule has 1 aromatic heterocycles. The van der Waals surface area contributed by atoms with Gasteiger partial charge in [0.25, 0.3) is 0 Å². The number of nitrogens with zero attached hydrogens (tertiary/aromatic N) is 2. The van der Waals surface area contributed by atoms with E-state index in [0.29, 0.717) is 17.7 Å². The average molecular weight is 340 g/mol. The Hall–Kier alpha value is -2.63. The number of hydrogen-bond donors (Lipinski definition) is 3. The third-order valence-electron chi connectivity index (χ3n) is 4.16. The number of carbonyl (C=O) groups is 1. The Morgan fingerprint density at radius 2 is 1.88 bits per heavy atom. The van der Waals surface area contributed by atoms with E-state index in [1.807, 2.05) is 18.2 Å². The van der Waals surface area contributed by atoms with Crippen molar-refractivity contribution in [2.24, 2.45) is 0 Å². The van der Waals surface area contributed by atoms with Gasteiger partial charge in [-0.2, -0.15) is 4.98 Å². The van der Waals surface area contributed by atoms with Crippen molar-refractivity contribution in [1.82, 2.24) is 9.97 Å². The van der Waals surface area contributed by atoms with Crippen molar-refractivity contribution < 1.29 is 9.90 Å². The number of carboxylic acids is 1. The van der Waals surface area contributed by atoms with E-state index in [1.165, 1.54) is 5.56 Å². The number of carboxylic acid groups (broad SMARTS) is 1. The molecule has 132 valence electrons. The molecule has 0 radical (unpaired) electrons. The van der Waals surface area contributed by atoms with E-state index < -0.39 is 5.97 Å². The minimum atomic E-state index is -0.937. The van der Waals surface area contributed by atoms with Crippen molar-refractivity contribution >= 4 is 23.4 Å². The van der Waals surface area contributed by atoms with Gasteiger partial charge in [-0.25, -0.2) is 4.98 Å². The molecule has 6 heteroatoms. The van der Waals surface area contributed by atoms with Gasteiger partial charge in [0, 0.05) is 17.7 Å². The smallest absolute Gasteiger partial charge is 0.322 e. The van der Waals surface area contributed by atoms with Gasteiger partial charge in [-0.05, 0) is 36.0 Å². The standard InChI is InChI=1S/C19H24N4O2/c1-19(2,3)13-6-8-14(9-7-13)21-16-10-15(12-4-5-12)22-18(23-16)20-11-17(24)25/h6-10,12H,4-5,11H2,1-3H3,(H,24,25)(H2,20,21,22,23). The third kappa shape index (κ3) is 4.68. The summed E-state index contributed by atoms with van der Waals surface area (Å²) in [5.41, 5.74) is 3.28. The summed E-state index contributed by atoms with van der Waals surface area (Å²) in [6.07, 6.45) is 2.24. The van der Waals surface area contributed by atoms with Crippen molar-refractivity contribution in [3.63, 3.8) is 0 Å². The number of benzene rings is 1. The van der Waals surface area contributed by atoms with Crippen LogP contribution in [0.4, 0.5) is 17.5 Å². The molecular weight excluding hydrogens is 316 g/mol. The van der Waals surface area contributed by atoms with Crippen LogP contribution < -0.4 is 10.6 Å². The molecule has 0 bridgehead atoms. The summed E-state index contributed by atoms with van der Waals surface area (Å²) < 4.78 is 0. The zero-order valence-corrected chi connectivity index (χ0v) is 14.8. The Labute approximate surface area is 147 Å². The lowest BCUT2D eigenvalue weighted by molar-refractivity contribution is -0.134. The Balaban J connectivity index is 1.79. The molecular formula is C19H24N4O2. The third-order valence-corrected chi connectivity index (χ3v) is 4.16. The molecule has 1 heterocycles. The first-order valence-electron chi connectivity index (χ1n) is 8.53. The molecule has 1 fully saturated rings. The van der Waals surface area contributed by atoms with E-state index >= 15 is 0 Å². The molecule has 6 nitrogen and oxygen atoms in total. The first-order chi connectivity index (χ1) is 11.8. The maximum atomic E-state index is 10.8. The summed E-state index contributed by atoms with van der Waals surface area (Å²) in [5.74, 6) is 0.541. The van der Waals surface area contributed by atoms with Crippen LogP contribution in [0.25, 0.3) is 0 Å². The predicted molar refractivity (Wildman–Crippen MR) is 98.6 cm³/mol. The molecule has 0 unspecified atom stereocenters. The van der Waals surface area contributed by atoms with Gasteiger partial charge in [0.05, 0.1) is 5.69 Å². The van der Waals surface area contributed by atoms with Crippen LogP contribution in [0.3, 0.4) is 0 Å². The molecule has 25 heavy (non-hydrogen) atoms. The molecule has 1 aliphatic rings. The number of nitrogens with one attached hydrogen (secondary N) is 2. The Morgan fingerprint density at radius 1 is 1.20 bits per heavy atom. The minimum absolute atomic E-state index is 0.112. The summed E-state index contributed by atoms with van der Waals surface area (Å²) in [5, 5.41) is 14.9. The molecule has 0 atom stereocenters. The first kappa shape index (κ1) is 17.2. The first-order valence-corrected chi connectivity index (χ1v) is 8.53. The summed E-state index contributed by atoms with van der Waals surface area (Å²) in [6, 6.07) is 10.2. The minimum Gasteiger partial charge on any atom is -0.480 e. The van der Waals surface area contributed by atoms with Gasteiger partial charge >= 0.3 is 5.97 Å². The van der Waals surface area contributed by atoms with Crippen LogP contribution in [-0.4, -0.2) is 27.6 Å². The summed E-state index contributed by atoms with van der Waals surface area (Å²) >= 11 is 0. The van der Waals surface area contributed by atoms with E-state index in [0.717, 1.165) is 24.2 Å². The number of hydrogen-bond acceptors (Lipinski definition) is 5. The number of aliphatic carboxylic acids is 1. The lowest BCUT2D eigenvalue weighted by Crippen LogP contribution is -2.15. The van der Waals surface area contributed by atoms with Crippen LogP contribution in [0.5, 0.6) is 0 Å². The van der Waals surface area contributed by atoms with Gasteiger partial charge in [-0.1, -0.05) is 32.9 Å². The van der Waals surface area contributed by atoms with Crippen LogP contribution in [0.15, 0.2) is 30.3 Å². The van der Waals surface area contributed by atoms with Crippen LogP contribution in [0.1, 0.15) is 50.8 Å². The lowest BCUT2D eigenvalue weighted by Gasteiger charge is -2.19. The molecule has 0 spiro atoms. The van der Waals surface area contributed by atoms with Gasteiger partial charge in [-0.15, -0.1) is 0 Å². The van der Waals surface area contributed by atoms with E-state index in [4.69, 9.17) is 5.11 Å². The van der Waals surface area contributed by atoms with Gasteiger partial charge in [-0.3, -0.25) is 4.79 Å². The van der Waals surface area contributed by atoms with Gasteiger partial charge in [0.2, 0.25) is 5.95 Å². The van der Waals surface area contributed by atoms with Gasteiger partial charge < -0.3 is 15.7 Å². The molecule has 0 aliphatic heterocycles. The average Bonchev–Trinajstić information content (AvgIpc) is 3.37. The fourth-order valence-corrected chi connectivity index (χ4v) is 2.55. The molecule has 0 amide bonds. The van der Waals surface area contributed by atoms with E-state index in [2.05, 4.69) is 53.5 Å². The van der Waals surface area contributed by atoms with Crippen LogP contribution >= 0.6 is 0 Å². The molecule has 3 rings (SSSR count).